The number of benzene rings is 2. The van der Waals surface area contributed by atoms with E-state index in [4.69, 9.17) is 9.72 Å². The van der Waals surface area contributed by atoms with Gasteiger partial charge in [0, 0.05) is 12.1 Å². The molecule has 1 N–H and O–H groups in total. The van der Waals surface area contributed by atoms with Crippen LogP contribution in [0.2, 0.25) is 0 Å². The molecule has 2 unspecified atom stereocenters. The molecule has 3 heterocycles. The second-order valence-corrected chi connectivity index (χ2v) is 8.15. The highest BCUT2D eigenvalue weighted by atomic mass is 16.5. The lowest BCUT2D eigenvalue weighted by molar-refractivity contribution is 0.0937. The van der Waals surface area contributed by atoms with Crippen LogP contribution in [0.5, 0.6) is 5.75 Å². The van der Waals surface area contributed by atoms with Crippen molar-refractivity contribution in [3.8, 4) is 5.75 Å². The van der Waals surface area contributed by atoms with Crippen LogP contribution < -0.4 is 4.74 Å². The Bertz CT molecular complexity index is 870. The van der Waals surface area contributed by atoms with Crippen molar-refractivity contribution in [3.05, 3.63) is 59.9 Å². The minimum atomic E-state index is 0.709. The summed E-state index contributed by atoms with van der Waals surface area (Å²) in [6.45, 7) is 0.958. The van der Waals surface area contributed by atoms with E-state index in [1.807, 2.05) is 0 Å². The predicted molar refractivity (Wildman–Crippen MR) is 108 cm³/mol. The molecule has 0 amide bonds. The fraction of sp³-hybridized carbons (Fsp3) is 0.435. The third kappa shape index (κ3) is 3.34. The highest BCUT2D eigenvalue weighted by Gasteiger charge is 2.40. The normalized spacial score (nSPS) is 25.1. The molecular weight excluding hydrogens is 334 g/mol. The van der Waals surface area contributed by atoms with E-state index in [-0.39, 0.29) is 0 Å². The first-order valence-corrected chi connectivity index (χ1v) is 10.1. The summed E-state index contributed by atoms with van der Waals surface area (Å²) in [6, 6.07) is 18.4. The summed E-state index contributed by atoms with van der Waals surface area (Å²) in [5, 5.41) is 0. The van der Waals surface area contributed by atoms with Crippen LogP contribution in [0.1, 0.15) is 37.1 Å². The molecule has 4 heteroatoms. The molecule has 0 spiro atoms. The second kappa shape index (κ2) is 7.01. The molecule has 2 saturated heterocycles. The van der Waals surface area contributed by atoms with Gasteiger partial charge in [0.15, 0.2) is 0 Å². The molecule has 0 saturated carbocycles. The maximum absolute atomic E-state index is 5.28. The number of hydrogen-bond acceptors (Lipinski definition) is 3. The van der Waals surface area contributed by atoms with Gasteiger partial charge < -0.3 is 9.72 Å². The molecule has 2 bridgehead atoms. The average Bonchev–Trinajstić information content (AvgIpc) is 3.20. The van der Waals surface area contributed by atoms with E-state index in [1.54, 1.807) is 7.11 Å². The quantitative estimate of drug-likeness (QED) is 0.724. The van der Waals surface area contributed by atoms with Gasteiger partial charge in [0.2, 0.25) is 0 Å². The number of aromatic nitrogens is 2. The molecule has 0 radical (unpaired) electrons. The van der Waals surface area contributed by atoms with E-state index in [0.29, 0.717) is 12.1 Å². The number of para-hydroxylation sites is 2. The Morgan fingerprint density at radius 2 is 1.78 bits per heavy atom. The summed E-state index contributed by atoms with van der Waals surface area (Å²) in [7, 11) is 1.73. The van der Waals surface area contributed by atoms with Gasteiger partial charge in [-0.25, -0.2) is 4.98 Å². The number of fused-ring (bicyclic) bond motifs is 3. The Morgan fingerprint density at radius 1 is 1.04 bits per heavy atom. The predicted octanol–water partition coefficient (Wildman–Crippen LogP) is 4.56. The maximum Gasteiger partial charge on any atom is 0.121 e. The first kappa shape index (κ1) is 16.8. The zero-order chi connectivity index (χ0) is 18.2. The number of methoxy groups -OCH3 is 1. The number of piperidine rings is 1. The number of nitrogens with zero attached hydrogens (tertiary/aromatic N) is 2. The van der Waals surface area contributed by atoms with Gasteiger partial charge in [-0.2, -0.15) is 0 Å². The highest BCUT2D eigenvalue weighted by molar-refractivity contribution is 5.74. The Labute approximate surface area is 160 Å². The zero-order valence-electron chi connectivity index (χ0n) is 15.9. The summed E-state index contributed by atoms with van der Waals surface area (Å²) in [6.07, 6.45) is 6.48. The first-order valence-electron chi connectivity index (χ1n) is 10.1. The van der Waals surface area contributed by atoms with Crippen molar-refractivity contribution >= 4 is 11.0 Å². The van der Waals surface area contributed by atoms with Crippen molar-refractivity contribution in [1.82, 2.24) is 14.9 Å². The highest BCUT2D eigenvalue weighted by Crippen LogP contribution is 2.40. The van der Waals surface area contributed by atoms with Crippen LogP contribution in [0.3, 0.4) is 0 Å². The van der Waals surface area contributed by atoms with Gasteiger partial charge >= 0.3 is 0 Å². The molecule has 4 nitrogen and oxygen atoms in total. The molecular formula is C23H27N3O. The third-order valence-electron chi connectivity index (χ3n) is 6.44. The van der Waals surface area contributed by atoms with Crippen LogP contribution in [0.4, 0.5) is 0 Å². The van der Waals surface area contributed by atoms with Crippen molar-refractivity contribution in [2.45, 2.75) is 50.7 Å². The van der Waals surface area contributed by atoms with Gasteiger partial charge in [0.1, 0.15) is 11.6 Å². The first-order chi connectivity index (χ1) is 13.3. The molecule has 2 fully saturated rings. The monoisotopic (exact) mass is 361 g/mol. The molecule has 5 rings (SSSR count). The van der Waals surface area contributed by atoms with E-state index < -0.39 is 0 Å². The topological polar surface area (TPSA) is 41.1 Å². The van der Waals surface area contributed by atoms with Crippen molar-refractivity contribution < 1.29 is 4.74 Å². The fourth-order valence-electron chi connectivity index (χ4n) is 5.16. The Hall–Kier alpha value is -2.33. The van der Waals surface area contributed by atoms with Gasteiger partial charge in [-0.1, -0.05) is 24.3 Å². The van der Waals surface area contributed by atoms with Gasteiger partial charge in [-0.3, -0.25) is 4.90 Å². The van der Waals surface area contributed by atoms with Crippen LogP contribution >= 0.6 is 0 Å². The second-order valence-electron chi connectivity index (χ2n) is 8.15. The summed E-state index contributed by atoms with van der Waals surface area (Å²) in [5.41, 5.74) is 3.66. The lowest BCUT2D eigenvalue weighted by atomic mass is 9.86. The van der Waals surface area contributed by atoms with Crippen molar-refractivity contribution in [2.75, 3.05) is 7.11 Å². The third-order valence-corrected chi connectivity index (χ3v) is 6.44. The summed E-state index contributed by atoms with van der Waals surface area (Å²) >= 11 is 0. The SMILES string of the molecule is COc1ccc(CC2CC3CCC(C2)N3Cc2nc3ccccc3[nH]2)cc1. The van der Waals surface area contributed by atoms with E-state index in [2.05, 4.69) is 58.4 Å². The van der Waals surface area contributed by atoms with Crippen LogP contribution in [0.15, 0.2) is 48.5 Å². The number of hydrogen-bond donors (Lipinski definition) is 1. The van der Waals surface area contributed by atoms with Crippen LogP contribution in [-0.4, -0.2) is 34.1 Å². The molecule has 2 aliphatic rings. The largest absolute Gasteiger partial charge is 0.497 e. The Balaban J connectivity index is 1.25. The van der Waals surface area contributed by atoms with Crippen LogP contribution in [0.25, 0.3) is 11.0 Å². The molecule has 1 aromatic heterocycles. The number of rotatable bonds is 5. The Morgan fingerprint density at radius 3 is 2.48 bits per heavy atom. The lowest BCUT2D eigenvalue weighted by Crippen LogP contribution is -2.42. The molecule has 2 atom stereocenters. The van der Waals surface area contributed by atoms with Gasteiger partial charge in [0.25, 0.3) is 0 Å². The number of nitrogens with one attached hydrogen (secondary N) is 1. The molecule has 0 aliphatic carbocycles. The van der Waals surface area contributed by atoms with E-state index in [9.17, 15) is 0 Å². The minimum Gasteiger partial charge on any atom is -0.497 e. The van der Waals surface area contributed by atoms with Crippen LogP contribution in [-0.2, 0) is 13.0 Å². The zero-order valence-corrected chi connectivity index (χ0v) is 15.9. The molecule has 2 aromatic carbocycles. The number of H-pyrrole nitrogens is 1. The summed E-state index contributed by atoms with van der Waals surface area (Å²) in [5.74, 6) is 2.85. The van der Waals surface area contributed by atoms with Crippen molar-refractivity contribution in [2.24, 2.45) is 5.92 Å². The smallest absolute Gasteiger partial charge is 0.121 e. The molecule has 2 aliphatic heterocycles. The molecule has 140 valence electrons. The van der Waals surface area contributed by atoms with Crippen LogP contribution in [0, 0.1) is 5.92 Å². The van der Waals surface area contributed by atoms with E-state index in [0.717, 1.165) is 35.1 Å². The fourth-order valence-corrected chi connectivity index (χ4v) is 5.16. The van der Waals surface area contributed by atoms with E-state index in [1.165, 1.54) is 37.7 Å². The minimum absolute atomic E-state index is 0.709. The number of aromatic amines is 1. The summed E-state index contributed by atoms with van der Waals surface area (Å²) < 4.78 is 5.28. The lowest BCUT2D eigenvalue weighted by Gasteiger charge is -2.38. The molecule has 27 heavy (non-hydrogen) atoms. The number of imidazole rings is 1. The van der Waals surface area contributed by atoms with Gasteiger partial charge in [0.05, 0.1) is 24.7 Å². The Kier molecular flexibility index (Phi) is 4.36. The average molecular weight is 361 g/mol. The van der Waals surface area contributed by atoms with Crippen molar-refractivity contribution in [1.29, 1.82) is 0 Å². The summed E-state index contributed by atoms with van der Waals surface area (Å²) in [4.78, 5) is 11.0. The van der Waals surface area contributed by atoms with E-state index >= 15 is 0 Å². The maximum atomic E-state index is 5.28. The van der Waals surface area contributed by atoms with Crippen molar-refractivity contribution in [3.63, 3.8) is 0 Å². The van der Waals surface area contributed by atoms with Gasteiger partial charge in [-0.05, 0) is 67.9 Å². The number of ether oxygens (including phenoxy) is 1. The standard InChI is InChI=1S/C23H27N3O/c1-27-20-10-6-16(7-11-20)12-17-13-18-8-9-19(14-17)26(18)15-23-24-21-4-2-3-5-22(21)25-23/h2-7,10-11,17-19H,8-9,12-15H2,1H3,(H,24,25). The molecule has 3 aromatic rings. The van der Waals surface area contributed by atoms with Gasteiger partial charge in [-0.15, -0.1) is 0 Å².